The lowest BCUT2D eigenvalue weighted by molar-refractivity contribution is -0.122. The smallest absolute Gasteiger partial charge is 0.229 e. The Balaban J connectivity index is 1.69. The number of anilines is 2. The van der Waals surface area contributed by atoms with E-state index in [-0.39, 0.29) is 29.7 Å². The Morgan fingerprint density at radius 3 is 2.44 bits per heavy atom. The van der Waals surface area contributed by atoms with Crippen molar-refractivity contribution in [1.29, 1.82) is 0 Å². The maximum absolute atomic E-state index is 13.8. The molecular formula is C19H19FN2O4S. The molecule has 1 unspecified atom stereocenters. The second-order valence-electron chi connectivity index (χ2n) is 6.62. The summed E-state index contributed by atoms with van der Waals surface area (Å²) >= 11 is 0. The number of amides is 2. The Kier molecular flexibility index (Phi) is 5.01. The molecule has 8 heteroatoms. The SMILES string of the molecule is Cc1ccc(N2CC(C(=O)Nc3ccc(S(C)(=O)=O)cc3)CC2=O)cc1F. The Hall–Kier alpha value is -2.74. The average Bonchev–Trinajstić information content (AvgIpc) is 2.99. The number of sulfone groups is 1. The van der Waals surface area contributed by atoms with Gasteiger partial charge < -0.3 is 10.2 Å². The molecule has 6 nitrogen and oxygen atoms in total. The molecule has 0 aromatic heterocycles. The van der Waals surface area contributed by atoms with Crippen molar-refractivity contribution in [2.75, 3.05) is 23.0 Å². The average molecular weight is 390 g/mol. The number of halogens is 1. The molecule has 0 saturated carbocycles. The van der Waals surface area contributed by atoms with E-state index in [1.165, 1.54) is 35.2 Å². The van der Waals surface area contributed by atoms with Crippen molar-refractivity contribution in [3.8, 4) is 0 Å². The lowest BCUT2D eigenvalue weighted by atomic mass is 10.1. The highest BCUT2D eigenvalue weighted by atomic mass is 32.2. The number of aryl methyl sites for hydroxylation is 1. The summed E-state index contributed by atoms with van der Waals surface area (Å²) < 4.78 is 36.7. The summed E-state index contributed by atoms with van der Waals surface area (Å²) in [6.07, 6.45) is 1.13. The summed E-state index contributed by atoms with van der Waals surface area (Å²) in [5, 5.41) is 2.69. The van der Waals surface area contributed by atoms with Crippen molar-refractivity contribution in [2.45, 2.75) is 18.2 Å². The minimum absolute atomic E-state index is 0.0305. The van der Waals surface area contributed by atoms with Gasteiger partial charge in [-0.05, 0) is 48.9 Å². The fraction of sp³-hybridized carbons (Fsp3) is 0.263. The van der Waals surface area contributed by atoms with E-state index >= 15 is 0 Å². The van der Waals surface area contributed by atoms with Gasteiger partial charge in [0.25, 0.3) is 0 Å². The molecule has 1 fully saturated rings. The molecule has 0 radical (unpaired) electrons. The Morgan fingerprint density at radius 2 is 1.85 bits per heavy atom. The van der Waals surface area contributed by atoms with Crippen LogP contribution in [0.3, 0.4) is 0 Å². The number of hydrogen-bond donors (Lipinski definition) is 1. The third kappa shape index (κ3) is 4.16. The highest BCUT2D eigenvalue weighted by Gasteiger charge is 2.35. The van der Waals surface area contributed by atoms with Gasteiger partial charge in [0.2, 0.25) is 11.8 Å². The van der Waals surface area contributed by atoms with E-state index in [9.17, 15) is 22.4 Å². The largest absolute Gasteiger partial charge is 0.326 e. The zero-order chi connectivity index (χ0) is 19.8. The second kappa shape index (κ2) is 7.11. The van der Waals surface area contributed by atoms with Crippen molar-refractivity contribution in [2.24, 2.45) is 5.92 Å². The topological polar surface area (TPSA) is 83.6 Å². The summed E-state index contributed by atoms with van der Waals surface area (Å²) in [5.41, 5.74) is 1.35. The van der Waals surface area contributed by atoms with E-state index in [1.54, 1.807) is 19.1 Å². The Bertz CT molecular complexity index is 1000. The number of rotatable bonds is 4. The third-order valence-corrected chi connectivity index (χ3v) is 5.64. The molecule has 2 aromatic carbocycles. The molecule has 1 aliphatic rings. The highest BCUT2D eigenvalue weighted by Crippen LogP contribution is 2.27. The first kappa shape index (κ1) is 19.0. The quantitative estimate of drug-likeness (QED) is 0.870. The molecule has 1 saturated heterocycles. The predicted octanol–water partition coefficient (Wildman–Crippen LogP) is 2.53. The first-order valence-electron chi connectivity index (χ1n) is 8.32. The van der Waals surface area contributed by atoms with Gasteiger partial charge in [-0.15, -0.1) is 0 Å². The zero-order valence-corrected chi connectivity index (χ0v) is 15.7. The van der Waals surface area contributed by atoms with Crippen LogP contribution in [0.15, 0.2) is 47.4 Å². The summed E-state index contributed by atoms with van der Waals surface area (Å²) in [7, 11) is -3.31. The standard InChI is InChI=1S/C19H19FN2O4S/c1-12-3-6-15(10-17(12)20)22-11-13(9-18(22)23)19(24)21-14-4-7-16(8-5-14)27(2,25)26/h3-8,10,13H,9,11H2,1-2H3,(H,21,24). The van der Waals surface area contributed by atoms with E-state index < -0.39 is 21.6 Å². The summed E-state index contributed by atoms with van der Waals surface area (Å²) in [6, 6.07) is 10.3. The van der Waals surface area contributed by atoms with Gasteiger partial charge in [-0.2, -0.15) is 0 Å². The molecule has 3 rings (SSSR count). The molecule has 0 aliphatic carbocycles. The molecule has 2 aromatic rings. The van der Waals surface area contributed by atoms with E-state index in [4.69, 9.17) is 0 Å². The van der Waals surface area contributed by atoms with Gasteiger partial charge in [-0.25, -0.2) is 12.8 Å². The molecule has 1 aliphatic heterocycles. The first-order chi connectivity index (χ1) is 12.6. The zero-order valence-electron chi connectivity index (χ0n) is 14.9. The number of nitrogens with zero attached hydrogens (tertiary/aromatic N) is 1. The van der Waals surface area contributed by atoms with Crippen LogP contribution in [-0.4, -0.2) is 33.0 Å². The minimum Gasteiger partial charge on any atom is -0.326 e. The van der Waals surface area contributed by atoms with Crippen molar-refractivity contribution < 1.29 is 22.4 Å². The van der Waals surface area contributed by atoms with Crippen LogP contribution in [0, 0.1) is 18.7 Å². The number of benzene rings is 2. The Morgan fingerprint density at radius 1 is 1.19 bits per heavy atom. The van der Waals surface area contributed by atoms with Crippen LogP contribution in [0.4, 0.5) is 15.8 Å². The molecule has 27 heavy (non-hydrogen) atoms. The molecule has 1 heterocycles. The molecule has 2 amide bonds. The van der Waals surface area contributed by atoms with E-state index in [0.29, 0.717) is 16.9 Å². The van der Waals surface area contributed by atoms with Gasteiger partial charge in [0.1, 0.15) is 5.82 Å². The van der Waals surface area contributed by atoms with Crippen LogP contribution in [0.2, 0.25) is 0 Å². The fourth-order valence-corrected chi connectivity index (χ4v) is 3.54. The second-order valence-corrected chi connectivity index (χ2v) is 8.64. The number of carbonyl (C=O) groups is 2. The van der Waals surface area contributed by atoms with Crippen LogP contribution < -0.4 is 10.2 Å². The maximum atomic E-state index is 13.8. The third-order valence-electron chi connectivity index (χ3n) is 4.51. The molecule has 0 spiro atoms. The van der Waals surface area contributed by atoms with Crippen LogP contribution in [0.5, 0.6) is 0 Å². The molecule has 1 N–H and O–H groups in total. The van der Waals surface area contributed by atoms with Gasteiger partial charge in [0, 0.05) is 30.6 Å². The first-order valence-corrected chi connectivity index (χ1v) is 10.2. The normalized spacial score (nSPS) is 17.2. The number of nitrogens with one attached hydrogen (secondary N) is 1. The van der Waals surface area contributed by atoms with Crippen molar-refractivity contribution in [3.05, 3.63) is 53.8 Å². The molecule has 1 atom stereocenters. The van der Waals surface area contributed by atoms with Gasteiger partial charge in [0.05, 0.1) is 10.8 Å². The minimum atomic E-state index is -3.31. The highest BCUT2D eigenvalue weighted by molar-refractivity contribution is 7.90. The van der Waals surface area contributed by atoms with Crippen LogP contribution in [-0.2, 0) is 19.4 Å². The van der Waals surface area contributed by atoms with Gasteiger partial charge in [-0.1, -0.05) is 6.07 Å². The molecule has 0 bridgehead atoms. The fourth-order valence-electron chi connectivity index (χ4n) is 2.91. The van der Waals surface area contributed by atoms with Gasteiger partial charge in [-0.3, -0.25) is 9.59 Å². The molecule has 142 valence electrons. The van der Waals surface area contributed by atoms with Crippen molar-refractivity contribution in [3.63, 3.8) is 0 Å². The van der Waals surface area contributed by atoms with Crippen LogP contribution >= 0.6 is 0 Å². The van der Waals surface area contributed by atoms with E-state index in [0.717, 1.165) is 6.26 Å². The van der Waals surface area contributed by atoms with Gasteiger partial charge in [0.15, 0.2) is 9.84 Å². The monoisotopic (exact) mass is 390 g/mol. The van der Waals surface area contributed by atoms with Crippen molar-refractivity contribution >= 4 is 33.0 Å². The lowest BCUT2D eigenvalue weighted by Crippen LogP contribution is -2.28. The number of hydrogen-bond acceptors (Lipinski definition) is 4. The summed E-state index contributed by atoms with van der Waals surface area (Å²) in [6.45, 7) is 1.80. The summed E-state index contributed by atoms with van der Waals surface area (Å²) in [5.74, 6) is -1.56. The lowest BCUT2D eigenvalue weighted by Gasteiger charge is -2.17. The van der Waals surface area contributed by atoms with Crippen LogP contribution in [0.25, 0.3) is 0 Å². The summed E-state index contributed by atoms with van der Waals surface area (Å²) in [4.78, 5) is 26.3. The molecular weight excluding hydrogens is 371 g/mol. The number of carbonyl (C=O) groups excluding carboxylic acids is 2. The van der Waals surface area contributed by atoms with Crippen molar-refractivity contribution in [1.82, 2.24) is 0 Å². The van der Waals surface area contributed by atoms with Gasteiger partial charge >= 0.3 is 0 Å². The van der Waals surface area contributed by atoms with Crippen LogP contribution in [0.1, 0.15) is 12.0 Å². The Labute approximate surface area is 156 Å². The maximum Gasteiger partial charge on any atom is 0.229 e. The van der Waals surface area contributed by atoms with E-state index in [1.807, 2.05) is 0 Å². The predicted molar refractivity (Wildman–Crippen MR) is 99.8 cm³/mol. The van der Waals surface area contributed by atoms with E-state index in [2.05, 4.69) is 5.32 Å².